The average molecular weight is 428 g/mol. The summed E-state index contributed by atoms with van der Waals surface area (Å²) in [5.41, 5.74) is 2.66. The molecule has 0 unspecified atom stereocenters. The van der Waals surface area contributed by atoms with Crippen LogP contribution in [0, 0.1) is 11.7 Å². The number of aromatic nitrogens is 2. The van der Waals surface area contributed by atoms with E-state index in [-0.39, 0.29) is 16.9 Å². The van der Waals surface area contributed by atoms with Crippen molar-refractivity contribution in [2.24, 2.45) is 22.1 Å². The third kappa shape index (κ3) is 5.41. The molecule has 1 aliphatic rings. The molecule has 0 atom stereocenters. The monoisotopic (exact) mass is 427 g/mol. The summed E-state index contributed by atoms with van der Waals surface area (Å²) >= 11 is 0. The fourth-order valence-electron chi connectivity index (χ4n) is 4.15. The first kappa shape index (κ1) is 22.7. The minimum Gasteiger partial charge on any atom is -0.368 e. The highest BCUT2D eigenvalue weighted by Crippen LogP contribution is 2.32. The second-order valence-electron chi connectivity index (χ2n) is 9.04. The number of halogens is 1. The van der Waals surface area contributed by atoms with Gasteiger partial charge in [0.1, 0.15) is 11.4 Å². The molecule has 0 spiro atoms. The molecule has 0 saturated carbocycles. The fraction of sp³-hybridized carbons (Fsp3) is 0.500. The Kier molecular flexibility index (Phi) is 6.94. The van der Waals surface area contributed by atoms with Crippen LogP contribution >= 0.6 is 0 Å². The predicted octanol–water partition coefficient (Wildman–Crippen LogP) is 1.75. The van der Waals surface area contributed by atoms with Crippen molar-refractivity contribution in [3.63, 3.8) is 0 Å². The van der Waals surface area contributed by atoms with Crippen molar-refractivity contribution >= 4 is 11.5 Å². The van der Waals surface area contributed by atoms with Gasteiger partial charge in [-0.05, 0) is 56.0 Å². The van der Waals surface area contributed by atoms with E-state index in [1.54, 1.807) is 6.20 Å². The van der Waals surface area contributed by atoms with Crippen molar-refractivity contribution in [3.05, 3.63) is 53.1 Å². The van der Waals surface area contributed by atoms with Gasteiger partial charge in [0.25, 0.3) is 0 Å². The quantitative estimate of drug-likeness (QED) is 0.240. The highest BCUT2D eigenvalue weighted by molar-refractivity contribution is 6.00. The van der Waals surface area contributed by atoms with Crippen LogP contribution in [0.2, 0.25) is 0 Å². The third-order valence-corrected chi connectivity index (χ3v) is 5.59. The lowest BCUT2D eigenvalue weighted by atomic mass is 9.95. The summed E-state index contributed by atoms with van der Waals surface area (Å²) in [5, 5.41) is 21.2. The lowest BCUT2D eigenvalue weighted by Crippen LogP contribution is -2.59. The molecule has 1 aromatic carbocycles. The lowest BCUT2D eigenvalue weighted by Gasteiger charge is -2.48. The molecule has 3 rings (SSSR count). The average Bonchev–Trinajstić information content (AvgIpc) is 2.69. The number of hydrogen-bond donors (Lipinski definition) is 2. The molecule has 0 bridgehead atoms. The van der Waals surface area contributed by atoms with E-state index in [1.165, 1.54) is 6.07 Å². The zero-order valence-corrected chi connectivity index (χ0v) is 18.7. The highest BCUT2D eigenvalue weighted by Gasteiger charge is 2.36. The van der Waals surface area contributed by atoms with Gasteiger partial charge in [-0.15, -0.1) is 0 Å². The number of hydrogen-bond acceptors (Lipinski definition) is 5. The molecule has 2 heterocycles. The van der Waals surface area contributed by atoms with Crippen LogP contribution < -0.4 is 16.2 Å². The zero-order valence-electron chi connectivity index (χ0n) is 18.7. The number of rotatable bonds is 6. The van der Waals surface area contributed by atoms with E-state index in [2.05, 4.69) is 58.0 Å². The number of amidine groups is 1. The Hall–Kier alpha value is -2.94. The molecule has 1 fully saturated rings. The predicted molar refractivity (Wildman–Crippen MR) is 119 cm³/mol. The molecule has 0 radical (unpaired) electrons. The van der Waals surface area contributed by atoms with Crippen molar-refractivity contribution < 1.29 is 9.80 Å². The van der Waals surface area contributed by atoms with Crippen LogP contribution in [0.15, 0.2) is 40.8 Å². The Morgan fingerprint density at radius 1 is 1.32 bits per heavy atom. The first-order chi connectivity index (χ1) is 14.7. The normalized spacial score (nSPS) is 16.9. The topological polar surface area (TPSA) is 109 Å². The van der Waals surface area contributed by atoms with Crippen LogP contribution in [-0.4, -0.2) is 46.1 Å². The lowest BCUT2D eigenvalue weighted by molar-refractivity contribution is -0.114. The summed E-state index contributed by atoms with van der Waals surface area (Å²) in [6, 6.07) is 7.43. The van der Waals surface area contributed by atoms with Gasteiger partial charge >= 0.3 is 5.84 Å². The summed E-state index contributed by atoms with van der Waals surface area (Å²) in [4.78, 5) is 4.54. The summed E-state index contributed by atoms with van der Waals surface area (Å²) < 4.78 is 15.2. The number of nitrogens with zero attached hydrogens (tertiary/aromatic N) is 6. The van der Waals surface area contributed by atoms with Crippen molar-refractivity contribution in [2.75, 3.05) is 24.5 Å². The second kappa shape index (κ2) is 9.47. The molecular formula is C22H32FN8+. The summed E-state index contributed by atoms with van der Waals surface area (Å²) in [6.45, 7) is 11.5. The number of nitrogens with two attached hydrogens (primary N) is 2. The van der Waals surface area contributed by atoms with Crippen molar-refractivity contribution in [2.45, 2.75) is 46.2 Å². The van der Waals surface area contributed by atoms with Gasteiger partial charge in [0.15, 0.2) is 0 Å². The minimum atomic E-state index is -0.405. The molecule has 2 aromatic rings. The van der Waals surface area contributed by atoms with Crippen molar-refractivity contribution in [1.82, 2.24) is 15.1 Å². The Morgan fingerprint density at radius 3 is 2.71 bits per heavy atom. The highest BCUT2D eigenvalue weighted by atomic mass is 19.1. The number of benzene rings is 1. The van der Waals surface area contributed by atoms with Gasteiger partial charge in [0, 0.05) is 43.1 Å². The Labute approximate surface area is 182 Å². The molecule has 1 aliphatic heterocycles. The van der Waals surface area contributed by atoms with Gasteiger partial charge in [-0.3, -0.25) is 16.2 Å². The maximum absolute atomic E-state index is 15.2. The third-order valence-electron chi connectivity index (χ3n) is 5.59. The fourth-order valence-corrected chi connectivity index (χ4v) is 4.15. The van der Waals surface area contributed by atoms with Crippen LogP contribution in [0.25, 0.3) is 0 Å². The Balaban J connectivity index is 1.92. The molecule has 166 valence electrons. The standard InChI is InChI=1S/C22H31FN8/c1-15(2)10-16-11-18(23)20(21(24)28-29-25)19(12-16)30-8-9-31(22(3,4)14-30)13-17-6-5-7-26-27-17/h5-7,11-12,15H,8-10,13-14H2,1-4H3,(H3,24,25,28)/p+1. The van der Waals surface area contributed by atoms with E-state index in [1.807, 2.05) is 18.2 Å². The van der Waals surface area contributed by atoms with Gasteiger partial charge < -0.3 is 4.90 Å². The largest absolute Gasteiger partial charge is 0.368 e. The van der Waals surface area contributed by atoms with E-state index in [0.29, 0.717) is 25.6 Å². The van der Waals surface area contributed by atoms with Crippen LogP contribution in [-0.2, 0) is 13.0 Å². The first-order valence-corrected chi connectivity index (χ1v) is 10.5. The van der Waals surface area contributed by atoms with Crippen LogP contribution in [0.5, 0.6) is 0 Å². The van der Waals surface area contributed by atoms with E-state index in [0.717, 1.165) is 29.9 Å². The molecule has 9 heteroatoms. The van der Waals surface area contributed by atoms with Gasteiger partial charge in [0.05, 0.1) is 16.5 Å². The van der Waals surface area contributed by atoms with E-state index in [9.17, 15) is 0 Å². The van der Waals surface area contributed by atoms with Gasteiger partial charge in [-0.1, -0.05) is 13.8 Å². The molecule has 1 aromatic heterocycles. The van der Waals surface area contributed by atoms with Gasteiger partial charge in [0.2, 0.25) is 0 Å². The summed E-state index contributed by atoms with van der Waals surface area (Å²) in [7, 11) is 0. The van der Waals surface area contributed by atoms with Crippen LogP contribution in [0.4, 0.5) is 10.1 Å². The van der Waals surface area contributed by atoms with E-state index in [4.69, 9.17) is 11.3 Å². The Bertz CT molecular complexity index is 942. The van der Waals surface area contributed by atoms with E-state index >= 15 is 4.39 Å². The molecular weight excluding hydrogens is 395 g/mol. The maximum Gasteiger partial charge on any atom is 0.356 e. The summed E-state index contributed by atoms with van der Waals surface area (Å²) in [6.07, 6.45) is 2.45. The Morgan fingerprint density at radius 2 is 2.10 bits per heavy atom. The molecule has 1 saturated heterocycles. The molecule has 31 heavy (non-hydrogen) atoms. The summed E-state index contributed by atoms with van der Waals surface area (Å²) in [5.74, 6) is 5.16. The SMILES string of the molecule is CC(C)Cc1cc(F)c(C(=[NH2+])N=NN)c(N2CCN(Cc3cccnn3)C(C)(C)C2)c1. The van der Waals surface area contributed by atoms with Gasteiger partial charge in [-0.2, -0.15) is 10.2 Å². The first-order valence-electron chi connectivity index (χ1n) is 10.5. The number of piperazine rings is 1. The molecule has 8 nitrogen and oxygen atoms in total. The molecule has 4 N–H and O–H groups in total. The number of anilines is 1. The van der Waals surface area contributed by atoms with Gasteiger partial charge in [-0.25, -0.2) is 4.39 Å². The smallest absolute Gasteiger partial charge is 0.356 e. The van der Waals surface area contributed by atoms with E-state index < -0.39 is 5.82 Å². The van der Waals surface area contributed by atoms with Crippen LogP contribution in [0.1, 0.15) is 44.5 Å². The molecule has 0 aliphatic carbocycles. The molecule has 0 amide bonds. The van der Waals surface area contributed by atoms with Crippen LogP contribution in [0.3, 0.4) is 0 Å². The maximum atomic E-state index is 15.2. The zero-order chi connectivity index (χ0) is 22.6. The minimum absolute atomic E-state index is 0.0223. The van der Waals surface area contributed by atoms with Crippen molar-refractivity contribution in [1.29, 1.82) is 0 Å². The van der Waals surface area contributed by atoms with Crippen molar-refractivity contribution in [3.8, 4) is 0 Å². The second-order valence-corrected chi connectivity index (χ2v) is 9.04.